The van der Waals surface area contributed by atoms with E-state index < -0.39 is 0 Å². The van der Waals surface area contributed by atoms with Gasteiger partial charge in [-0.25, -0.2) is 0 Å². The summed E-state index contributed by atoms with van der Waals surface area (Å²) in [5, 5.41) is 14.5. The largest absolute Gasteiger partial charge is 0.307 e. The van der Waals surface area contributed by atoms with E-state index in [0.29, 0.717) is 12.1 Å². The minimum Gasteiger partial charge on any atom is -0.307 e. The van der Waals surface area contributed by atoms with Gasteiger partial charge in [-0.1, -0.05) is 12.1 Å². The first-order valence-corrected chi connectivity index (χ1v) is 7.72. The van der Waals surface area contributed by atoms with E-state index in [4.69, 9.17) is 0 Å². The van der Waals surface area contributed by atoms with Gasteiger partial charge in [-0.3, -0.25) is 10.1 Å². The first kappa shape index (κ1) is 15.9. The molecule has 1 unspecified atom stereocenters. The first-order chi connectivity index (χ1) is 9.97. The van der Waals surface area contributed by atoms with E-state index in [2.05, 4.69) is 31.0 Å². The zero-order valence-corrected chi connectivity index (χ0v) is 13.1. The number of nitrogens with zero attached hydrogens (tertiary/aromatic N) is 2. The third kappa shape index (κ3) is 4.25. The molecule has 0 amide bonds. The van der Waals surface area contributed by atoms with Gasteiger partial charge in [0, 0.05) is 30.3 Å². The predicted octanol–water partition coefficient (Wildman–Crippen LogP) is 3.12. The van der Waals surface area contributed by atoms with E-state index in [1.165, 1.54) is 6.07 Å². The van der Waals surface area contributed by atoms with Crippen LogP contribution in [0, 0.1) is 10.1 Å². The van der Waals surface area contributed by atoms with Crippen molar-refractivity contribution in [2.45, 2.75) is 51.7 Å². The van der Waals surface area contributed by atoms with Gasteiger partial charge in [0.2, 0.25) is 0 Å². The maximum absolute atomic E-state index is 10.8. The normalized spacial score (nSPS) is 18.9. The van der Waals surface area contributed by atoms with Crippen molar-refractivity contribution in [3.8, 4) is 0 Å². The lowest BCUT2D eigenvalue weighted by Gasteiger charge is -2.36. The lowest BCUT2D eigenvalue weighted by atomic mass is 10.0. The maximum atomic E-state index is 10.8. The fourth-order valence-corrected chi connectivity index (χ4v) is 2.94. The maximum Gasteiger partial charge on any atom is 0.269 e. The Balaban J connectivity index is 1.91. The molecule has 1 aromatic rings. The quantitative estimate of drug-likeness (QED) is 0.669. The summed E-state index contributed by atoms with van der Waals surface area (Å²) in [6, 6.07) is 8.16. The molecule has 5 heteroatoms. The second-order valence-corrected chi connectivity index (χ2v) is 6.14. The number of rotatable bonds is 5. The number of nitrogens with one attached hydrogen (secondary N) is 1. The molecule has 5 nitrogen and oxygen atoms in total. The van der Waals surface area contributed by atoms with Crippen molar-refractivity contribution in [2.24, 2.45) is 0 Å². The summed E-state index contributed by atoms with van der Waals surface area (Å²) in [6.07, 6.45) is 2.27. The van der Waals surface area contributed by atoms with Crippen LogP contribution in [0.25, 0.3) is 0 Å². The molecule has 1 aromatic carbocycles. The monoisotopic (exact) mass is 291 g/mol. The second kappa shape index (κ2) is 7.00. The van der Waals surface area contributed by atoms with E-state index in [0.717, 1.165) is 31.5 Å². The van der Waals surface area contributed by atoms with Gasteiger partial charge in [0.1, 0.15) is 0 Å². The van der Waals surface area contributed by atoms with Crippen LogP contribution < -0.4 is 5.32 Å². The summed E-state index contributed by atoms with van der Waals surface area (Å²) in [7, 11) is 0. The molecule has 116 valence electrons. The Labute approximate surface area is 126 Å². The number of nitro groups is 1. The van der Waals surface area contributed by atoms with Crippen LogP contribution in [0.3, 0.4) is 0 Å². The Morgan fingerprint density at radius 1 is 1.29 bits per heavy atom. The summed E-state index contributed by atoms with van der Waals surface area (Å²) < 4.78 is 0. The molecule has 1 aliphatic heterocycles. The van der Waals surface area contributed by atoms with E-state index in [1.807, 2.05) is 6.07 Å². The molecule has 1 fully saturated rings. The standard InChI is InChI=1S/C16H25N3O2/c1-12(2)18-9-7-15(8-10-18)17-13(3)14-5-4-6-16(11-14)19(20)21/h4-6,11-13,15,17H,7-10H2,1-3H3. The summed E-state index contributed by atoms with van der Waals surface area (Å²) in [5.41, 5.74) is 1.14. The van der Waals surface area contributed by atoms with Gasteiger partial charge >= 0.3 is 0 Å². The smallest absolute Gasteiger partial charge is 0.269 e. The molecular formula is C16H25N3O2. The molecule has 0 saturated carbocycles. The van der Waals surface area contributed by atoms with Crippen LogP contribution >= 0.6 is 0 Å². The molecule has 1 aliphatic rings. The third-order valence-electron chi connectivity index (χ3n) is 4.33. The summed E-state index contributed by atoms with van der Waals surface area (Å²) in [6.45, 7) is 8.79. The molecule has 0 bridgehead atoms. The van der Waals surface area contributed by atoms with Crippen molar-refractivity contribution in [1.82, 2.24) is 10.2 Å². The van der Waals surface area contributed by atoms with Crippen molar-refractivity contribution < 1.29 is 4.92 Å². The summed E-state index contributed by atoms with van der Waals surface area (Å²) in [4.78, 5) is 13.0. The number of piperidine rings is 1. The fraction of sp³-hybridized carbons (Fsp3) is 0.625. The highest BCUT2D eigenvalue weighted by molar-refractivity contribution is 5.35. The SMILES string of the molecule is CC(NC1CCN(C(C)C)CC1)c1cccc([N+](=O)[O-])c1. The molecular weight excluding hydrogens is 266 g/mol. The lowest BCUT2D eigenvalue weighted by Crippen LogP contribution is -2.45. The number of hydrogen-bond donors (Lipinski definition) is 1. The predicted molar refractivity (Wildman–Crippen MR) is 84.4 cm³/mol. The Morgan fingerprint density at radius 2 is 1.95 bits per heavy atom. The zero-order chi connectivity index (χ0) is 15.4. The van der Waals surface area contributed by atoms with Gasteiger partial charge < -0.3 is 10.2 Å². The van der Waals surface area contributed by atoms with Gasteiger partial charge in [0.25, 0.3) is 5.69 Å². The van der Waals surface area contributed by atoms with Crippen LogP contribution in [0.1, 0.15) is 45.2 Å². The summed E-state index contributed by atoms with van der Waals surface area (Å²) in [5.74, 6) is 0. The first-order valence-electron chi connectivity index (χ1n) is 7.72. The minimum absolute atomic E-state index is 0.139. The van der Waals surface area contributed by atoms with Crippen molar-refractivity contribution in [2.75, 3.05) is 13.1 Å². The van der Waals surface area contributed by atoms with Crippen molar-refractivity contribution in [3.63, 3.8) is 0 Å². The number of non-ortho nitro benzene ring substituents is 1. The van der Waals surface area contributed by atoms with Crippen LogP contribution in [-0.4, -0.2) is 35.0 Å². The summed E-state index contributed by atoms with van der Waals surface area (Å²) >= 11 is 0. The average Bonchev–Trinajstić information content (AvgIpc) is 2.48. The highest BCUT2D eigenvalue weighted by atomic mass is 16.6. The molecule has 0 aliphatic carbocycles. The molecule has 1 N–H and O–H groups in total. The van der Waals surface area contributed by atoms with E-state index in [1.54, 1.807) is 12.1 Å². The Morgan fingerprint density at radius 3 is 2.52 bits per heavy atom. The topological polar surface area (TPSA) is 58.4 Å². The van der Waals surface area contributed by atoms with Crippen LogP contribution in [0.5, 0.6) is 0 Å². The van der Waals surface area contributed by atoms with Crippen molar-refractivity contribution in [1.29, 1.82) is 0 Å². The number of likely N-dealkylation sites (tertiary alicyclic amines) is 1. The minimum atomic E-state index is -0.336. The third-order valence-corrected chi connectivity index (χ3v) is 4.33. The molecule has 1 atom stereocenters. The van der Waals surface area contributed by atoms with Gasteiger partial charge in [-0.05, 0) is 52.3 Å². The van der Waals surface area contributed by atoms with Crippen LogP contribution in [0.2, 0.25) is 0 Å². The van der Waals surface area contributed by atoms with Gasteiger partial charge in [0.15, 0.2) is 0 Å². The van der Waals surface area contributed by atoms with Crippen LogP contribution in [-0.2, 0) is 0 Å². The molecule has 1 saturated heterocycles. The second-order valence-electron chi connectivity index (χ2n) is 6.14. The van der Waals surface area contributed by atoms with Crippen molar-refractivity contribution in [3.05, 3.63) is 39.9 Å². The van der Waals surface area contributed by atoms with Gasteiger partial charge in [-0.15, -0.1) is 0 Å². The molecule has 21 heavy (non-hydrogen) atoms. The Bertz CT molecular complexity index is 482. The number of nitro benzene ring substituents is 1. The molecule has 1 heterocycles. The molecule has 2 rings (SSSR count). The van der Waals surface area contributed by atoms with Gasteiger partial charge in [-0.2, -0.15) is 0 Å². The fourth-order valence-electron chi connectivity index (χ4n) is 2.94. The van der Waals surface area contributed by atoms with Crippen molar-refractivity contribution >= 4 is 5.69 Å². The highest BCUT2D eigenvalue weighted by Crippen LogP contribution is 2.21. The molecule has 0 aromatic heterocycles. The van der Waals surface area contributed by atoms with E-state index in [9.17, 15) is 10.1 Å². The Hall–Kier alpha value is -1.46. The van der Waals surface area contributed by atoms with Gasteiger partial charge in [0.05, 0.1) is 4.92 Å². The van der Waals surface area contributed by atoms with E-state index >= 15 is 0 Å². The Kier molecular flexibility index (Phi) is 5.31. The molecule has 0 spiro atoms. The number of benzene rings is 1. The molecule has 0 radical (unpaired) electrons. The number of hydrogen-bond acceptors (Lipinski definition) is 4. The zero-order valence-electron chi connectivity index (χ0n) is 13.1. The van der Waals surface area contributed by atoms with Crippen LogP contribution in [0.15, 0.2) is 24.3 Å². The van der Waals surface area contributed by atoms with Crippen LogP contribution in [0.4, 0.5) is 5.69 Å². The van der Waals surface area contributed by atoms with E-state index in [-0.39, 0.29) is 16.7 Å². The highest BCUT2D eigenvalue weighted by Gasteiger charge is 2.22. The average molecular weight is 291 g/mol. The lowest BCUT2D eigenvalue weighted by molar-refractivity contribution is -0.384.